The van der Waals surface area contributed by atoms with E-state index >= 15 is 0 Å². The molecule has 4 N–H and O–H groups in total. The third-order valence-corrected chi connectivity index (χ3v) is 3.33. The number of aliphatic carboxylic acids is 2. The van der Waals surface area contributed by atoms with Crippen LogP contribution in [0.4, 0.5) is 4.79 Å². The second-order valence-corrected chi connectivity index (χ2v) is 4.71. The summed E-state index contributed by atoms with van der Waals surface area (Å²) in [6, 6.07) is -1.87. The van der Waals surface area contributed by atoms with E-state index in [1.807, 2.05) is 6.92 Å². The molecule has 1 atom stereocenters. The molecule has 114 valence electrons. The first-order chi connectivity index (χ1) is 9.45. The number of carbonyl (C=O) groups is 3. The Balaban J connectivity index is 2.64. The largest absolute Gasteiger partial charge is 0.481 e. The van der Waals surface area contributed by atoms with Crippen LogP contribution in [0.3, 0.4) is 0 Å². The average Bonchev–Trinajstić information content (AvgIpc) is 2.39. The van der Waals surface area contributed by atoms with Gasteiger partial charge in [0.05, 0.1) is 6.42 Å². The summed E-state index contributed by atoms with van der Waals surface area (Å²) in [5.41, 5.74) is 0. The van der Waals surface area contributed by atoms with Gasteiger partial charge in [-0.1, -0.05) is 0 Å². The first-order valence-electron chi connectivity index (χ1n) is 6.68. The summed E-state index contributed by atoms with van der Waals surface area (Å²) in [6.07, 6.45) is 0.973. The second-order valence-electron chi connectivity index (χ2n) is 4.71. The van der Waals surface area contributed by atoms with E-state index < -0.39 is 30.4 Å². The zero-order valence-electron chi connectivity index (χ0n) is 11.5. The molecule has 0 aliphatic carbocycles. The number of carboxylic acid groups (broad SMARTS) is 2. The lowest BCUT2D eigenvalue weighted by Gasteiger charge is -2.34. The molecule has 1 saturated heterocycles. The second kappa shape index (κ2) is 7.68. The lowest BCUT2D eigenvalue weighted by atomic mass is 10.1. The molecule has 0 aromatic heterocycles. The van der Waals surface area contributed by atoms with E-state index in [1.165, 1.54) is 0 Å². The molecule has 0 radical (unpaired) electrons. The molecule has 0 spiro atoms. The number of hydrogen-bond acceptors (Lipinski definition) is 4. The SMILES string of the molecule is CCN(C(=O)N[C@H](CC(=O)O)C(=O)O)C1CCNCC1. The van der Waals surface area contributed by atoms with Crippen LogP contribution < -0.4 is 10.6 Å². The van der Waals surface area contributed by atoms with Crippen molar-refractivity contribution >= 4 is 18.0 Å². The predicted octanol–water partition coefficient (Wildman–Crippen LogP) is -0.302. The summed E-state index contributed by atoms with van der Waals surface area (Å²) in [7, 11) is 0. The van der Waals surface area contributed by atoms with Gasteiger partial charge >= 0.3 is 18.0 Å². The van der Waals surface area contributed by atoms with Crippen LogP contribution in [0.2, 0.25) is 0 Å². The van der Waals surface area contributed by atoms with Gasteiger partial charge in [0.25, 0.3) is 0 Å². The first kappa shape index (κ1) is 16.2. The average molecular weight is 287 g/mol. The van der Waals surface area contributed by atoms with Gasteiger partial charge in [0, 0.05) is 12.6 Å². The van der Waals surface area contributed by atoms with Crippen LogP contribution in [0.1, 0.15) is 26.2 Å². The van der Waals surface area contributed by atoms with E-state index in [1.54, 1.807) is 4.90 Å². The third-order valence-electron chi connectivity index (χ3n) is 3.33. The van der Waals surface area contributed by atoms with Crippen molar-refractivity contribution < 1.29 is 24.6 Å². The standard InChI is InChI=1S/C12H21N3O5/c1-2-15(8-3-5-13-6-4-8)12(20)14-9(11(18)19)7-10(16)17/h8-9,13H,2-7H2,1H3,(H,14,20)(H,16,17)(H,18,19)/t9-/m1/s1. The highest BCUT2D eigenvalue weighted by molar-refractivity contribution is 5.86. The number of nitrogens with one attached hydrogen (secondary N) is 2. The minimum absolute atomic E-state index is 0.0560. The minimum atomic E-state index is -1.41. The quantitative estimate of drug-likeness (QED) is 0.532. The van der Waals surface area contributed by atoms with Gasteiger partial charge in [0.15, 0.2) is 0 Å². The van der Waals surface area contributed by atoms with Gasteiger partial charge in [0.2, 0.25) is 0 Å². The molecule has 2 amide bonds. The maximum atomic E-state index is 12.1. The fraction of sp³-hybridized carbons (Fsp3) is 0.750. The first-order valence-corrected chi connectivity index (χ1v) is 6.68. The maximum Gasteiger partial charge on any atom is 0.326 e. The van der Waals surface area contributed by atoms with Crippen LogP contribution in [0.25, 0.3) is 0 Å². The maximum absolute atomic E-state index is 12.1. The monoisotopic (exact) mass is 287 g/mol. The highest BCUT2D eigenvalue weighted by Crippen LogP contribution is 2.12. The molecule has 0 aromatic rings. The van der Waals surface area contributed by atoms with Crippen LogP contribution >= 0.6 is 0 Å². The Labute approximate surface area is 117 Å². The molecule has 0 unspecified atom stereocenters. The Hall–Kier alpha value is -1.83. The number of carbonyl (C=O) groups excluding carboxylic acids is 1. The summed E-state index contributed by atoms with van der Waals surface area (Å²) in [4.78, 5) is 35.2. The molecule has 0 saturated carbocycles. The van der Waals surface area contributed by atoms with Crippen LogP contribution in [-0.4, -0.2) is 64.8 Å². The van der Waals surface area contributed by atoms with Crippen molar-refractivity contribution in [3.05, 3.63) is 0 Å². The number of carboxylic acids is 2. The Morgan fingerprint density at radius 1 is 1.30 bits per heavy atom. The molecule has 1 heterocycles. The van der Waals surface area contributed by atoms with E-state index in [2.05, 4.69) is 10.6 Å². The van der Waals surface area contributed by atoms with Crippen molar-refractivity contribution in [2.45, 2.75) is 38.3 Å². The molecule has 20 heavy (non-hydrogen) atoms. The van der Waals surface area contributed by atoms with Gasteiger partial charge in [-0.2, -0.15) is 0 Å². The number of hydrogen-bond donors (Lipinski definition) is 4. The zero-order valence-corrected chi connectivity index (χ0v) is 11.5. The third kappa shape index (κ3) is 4.69. The fourth-order valence-corrected chi connectivity index (χ4v) is 2.29. The number of rotatable bonds is 6. The normalized spacial score (nSPS) is 17.2. The van der Waals surface area contributed by atoms with E-state index in [9.17, 15) is 14.4 Å². The molecule has 1 fully saturated rings. The van der Waals surface area contributed by atoms with Crippen molar-refractivity contribution in [2.24, 2.45) is 0 Å². The molecule has 8 nitrogen and oxygen atoms in total. The summed E-state index contributed by atoms with van der Waals surface area (Å²) >= 11 is 0. The van der Waals surface area contributed by atoms with Crippen molar-refractivity contribution in [1.82, 2.24) is 15.5 Å². The zero-order chi connectivity index (χ0) is 15.1. The number of nitrogens with zero attached hydrogens (tertiary/aromatic N) is 1. The summed E-state index contributed by atoms with van der Waals surface area (Å²) in [5.74, 6) is -2.61. The minimum Gasteiger partial charge on any atom is -0.481 e. The fourth-order valence-electron chi connectivity index (χ4n) is 2.29. The molecule has 8 heteroatoms. The number of piperidine rings is 1. The molecule has 1 aliphatic rings. The Morgan fingerprint density at radius 2 is 1.90 bits per heavy atom. The summed E-state index contributed by atoms with van der Waals surface area (Å²) in [6.45, 7) is 3.89. The topological polar surface area (TPSA) is 119 Å². The van der Waals surface area contributed by atoms with Gasteiger partial charge in [-0.3, -0.25) is 4.79 Å². The predicted molar refractivity (Wildman–Crippen MR) is 70.5 cm³/mol. The van der Waals surface area contributed by atoms with Crippen molar-refractivity contribution in [3.8, 4) is 0 Å². The van der Waals surface area contributed by atoms with E-state index in [4.69, 9.17) is 10.2 Å². The van der Waals surface area contributed by atoms with Crippen LogP contribution in [-0.2, 0) is 9.59 Å². The van der Waals surface area contributed by atoms with Gasteiger partial charge < -0.3 is 25.7 Å². The van der Waals surface area contributed by atoms with Crippen molar-refractivity contribution in [2.75, 3.05) is 19.6 Å². The Morgan fingerprint density at radius 3 is 2.35 bits per heavy atom. The Kier molecular flexibility index (Phi) is 6.23. The van der Waals surface area contributed by atoms with E-state index in [0.29, 0.717) is 6.54 Å². The van der Waals surface area contributed by atoms with Gasteiger partial charge in [-0.25, -0.2) is 9.59 Å². The highest BCUT2D eigenvalue weighted by Gasteiger charge is 2.28. The highest BCUT2D eigenvalue weighted by atomic mass is 16.4. The van der Waals surface area contributed by atoms with Crippen LogP contribution in [0.5, 0.6) is 0 Å². The van der Waals surface area contributed by atoms with Crippen LogP contribution in [0.15, 0.2) is 0 Å². The number of urea groups is 1. The van der Waals surface area contributed by atoms with E-state index in [0.717, 1.165) is 25.9 Å². The summed E-state index contributed by atoms with van der Waals surface area (Å²) in [5, 5.41) is 23.1. The van der Waals surface area contributed by atoms with Crippen molar-refractivity contribution in [1.29, 1.82) is 0 Å². The molecule has 0 aromatic carbocycles. The Bertz CT molecular complexity index is 368. The molecular weight excluding hydrogens is 266 g/mol. The van der Waals surface area contributed by atoms with Gasteiger partial charge in [0.1, 0.15) is 6.04 Å². The molecule has 0 bridgehead atoms. The number of amides is 2. The van der Waals surface area contributed by atoms with Gasteiger partial charge in [-0.05, 0) is 32.9 Å². The summed E-state index contributed by atoms with van der Waals surface area (Å²) < 4.78 is 0. The van der Waals surface area contributed by atoms with Crippen molar-refractivity contribution in [3.63, 3.8) is 0 Å². The smallest absolute Gasteiger partial charge is 0.326 e. The van der Waals surface area contributed by atoms with Gasteiger partial charge in [-0.15, -0.1) is 0 Å². The molecular formula is C12H21N3O5. The molecule has 1 aliphatic heterocycles. The lowest BCUT2D eigenvalue weighted by molar-refractivity contribution is -0.145. The van der Waals surface area contributed by atoms with E-state index in [-0.39, 0.29) is 6.04 Å². The van der Waals surface area contributed by atoms with Crippen LogP contribution in [0, 0.1) is 0 Å². The lowest BCUT2D eigenvalue weighted by Crippen LogP contribution is -2.53. The molecule has 1 rings (SSSR count).